The number of fused-ring (bicyclic) bond motifs is 3. The molecule has 1 amide bonds. The van der Waals surface area contributed by atoms with Gasteiger partial charge in [0, 0.05) is 42.7 Å². The van der Waals surface area contributed by atoms with Crippen molar-refractivity contribution >= 4 is 5.91 Å². The first-order chi connectivity index (χ1) is 15.7. The Morgan fingerprint density at radius 3 is 3.00 bits per heavy atom. The predicted molar refractivity (Wildman–Crippen MR) is 125 cm³/mol. The molecule has 0 spiro atoms. The Hall–Kier alpha value is -3.16. The second kappa shape index (κ2) is 9.14. The van der Waals surface area contributed by atoms with E-state index in [1.807, 2.05) is 18.2 Å². The van der Waals surface area contributed by atoms with Crippen molar-refractivity contribution in [3.63, 3.8) is 0 Å². The van der Waals surface area contributed by atoms with E-state index < -0.39 is 0 Å². The number of phenolic OH excluding ortho intramolecular Hbond substituents is 1. The van der Waals surface area contributed by atoms with Gasteiger partial charge in [-0.3, -0.25) is 9.89 Å². The first-order valence-corrected chi connectivity index (χ1v) is 11.4. The molecule has 0 unspecified atom stereocenters. The molecule has 0 bridgehead atoms. The lowest BCUT2D eigenvalue weighted by Crippen LogP contribution is -2.32. The van der Waals surface area contributed by atoms with E-state index in [0.29, 0.717) is 6.54 Å². The van der Waals surface area contributed by atoms with Gasteiger partial charge in [-0.15, -0.1) is 0 Å². The summed E-state index contributed by atoms with van der Waals surface area (Å²) < 4.78 is 0. The number of amides is 1. The second-order valence-corrected chi connectivity index (χ2v) is 8.55. The van der Waals surface area contributed by atoms with Gasteiger partial charge in [-0.25, -0.2) is 0 Å². The Kier molecular flexibility index (Phi) is 5.92. The highest BCUT2D eigenvalue weighted by Gasteiger charge is 2.25. The van der Waals surface area contributed by atoms with Gasteiger partial charge in [0.05, 0.1) is 17.0 Å². The number of aromatic amines is 1. The van der Waals surface area contributed by atoms with E-state index in [1.54, 1.807) is 12.1 Å². The van der Waals surface area contributed by atoms with Crippen LogP contribution in [0, 0.1) is 0 Å². The third-order valence-corrected chi connectivity index (χ3v) is 6.41. The molecular weight excluding hydrogens is 402 g/mol. The number of hydrogen-bond donors (Lipinski definition) is 4. The average molecular weight is 432 g/mol. The highest BCUT2D eigenvalue weighted by Crippen LogP contribution is 2.40. The molecule has 4 N–H and O–H groups in total. The van der Waals surface area contributed by atoms with Crippen molar-refractivity contribution in [3.05, 3.63) is 59.2 Å². The third kappa shape index (κ3) is 4.13. The molecule has 5 rings (SSSR count). The van der Waals surface area contributed by atoms with Crippen molar-refractivity contribution in [1.29, 1.82) is 0 Å². The van der Waals surface area contributed by atoms with E-state index in [1.165, 1.54) is 11.1 Å². The van der Waals surface area contributed by atoms with Crippen LogP contribution in [0.5, 0.6) is 5.75 Å². The van der Waals surface area contributed by atoms with Crippen LogP contribution < -0.4 is 10.6 Å². The van der Waals surface area contributed by atoms with Gasteiger partial charge in [0.2, 0.25) is 0 Å². The quantitative estimate of drug-likeness (QED) is 0.352. The number of aromatic nitrogens is 2. The Morgan fingerprint density at radius 2 is 2.06 bits per heavy atom. The summed E-state index contributed by atoms with van der Waals surface area (Å²) in [5.41, 5.74) is 6.57. The molecule has 1 saturated heterocycles. The number of nitrogens with zero attached hydrogens (tertiary/aromatic N) is 2. The minimum absolute atomic E-state index is 0.0136. The lowest BCUT2D eigenvalue weighted by atomic mass is 10.0. The summed E-state index contributed by atoms with van der Waals surface area (Å²) in [6.07, 6.45) is 2.86. The number of benzene rings is 2. The molecule has 166 valence electrons. The maximum atomic E-state index is 12.8. The van der Waals surface area contributed by atoms with E-state index in [4.69, 9.17) is 0 Å². The number of carbonyl (C=O) groups excluding carboxylic acids is 1. The van der Waals surface area contributed by atoms with Crippen LogP contribution in [0.15, 0.2) is 42.5 Å². The number of carbonyl (C=O) groups is 1. The zero-order chi connectivity index (χ0) is 21.9. The smallest absolute Gasteiger partial charge is 0.255 e. The predicted octanol–water partition coefficient (Wildman–Crippen LogP) is 2.77. The molecular formula is C25H29N5O2. The topological polar surface area (TPSA) is 93.3 Å². The van der Waals surface area contributed by atoms with E-state index in [-0.39, 0.29) is 17.2 Å². The monoisotopic (exact) mass is 431 g/mol. The number of phenols is 1. The number of aromatic hydroxyl groups is 1. The second-order valence-electron chi connectivity index (χ2n) is 8.55. The van der Waals surface area contributed by atoms with Crippen LogP contribution in [0.2, 0.25) is 0 Å². The largest absolute Gasteiger partial charge is 0.507 e. The summed E-state index contributed by atoms with van der Waals surface area (Å²) in [5.74, 6) is -0.266. The van der Waals surface area contributed by atoms with E-state index in [0.717, 1.165) is 74.5 Å². The molecule has 2 aliphatic rings. The fraction of sp³-hybridized carbons (Fsp3) is 0.360. The molecule has 1 fully saturated rings. The van der Waals surface area contributed by atoms with Gasteiger partial charge in [-0.1, -0.05) is 24.3 Å². The molecule has 1 aliphatic carbocycles. The molecule has 7 nitrogen and oxygen atoms in total. The van der Waals surface area contributed by atoms with Gasteiger partial charge in [0.15, 0.2) is 0 Å². The van der Waals surface area contributed by atoms with E-state index in [9.17, 15) is 9.90 Å². The lowest BCUT2D eigenvalue weighted by molar-refractivity contribution is 0.0949. The van der Waals surface area contributed by atoms with Crippen LogP contribution in [0.25, 0.3) is 22.5 Å². The fourth-order valence-electron chi connectivity index (χ4n) is 4.70. The lowest BCUT2D eigenvalue weighted by Gasteiger charge is -2.19. The molecule has 3 aromatic rings. The SMILES string of the molecule is O=C(NCCCN1CCCNCC1)c1cc(-c2n[nH]c3c2Cc2ccccc2-3)ccc1O. The molecule has 1 aliphatic heterocycles. The molecule has 0 radical (unpaired) electrons. The zero-order valence-electron chi connectivity index (χ0n) is 18.2. The molecule has 0 saturated carbocycles. The summed E-state index contributed by atoms with van der Waals surface area (Å²) in [4.78, 5) is 15.2. The molecule has 32 heavy (non-hydrogen) atoms. The summed E-state index contributed by atoms with van der Waals surface area (Å²) in [7, 11) is 0. The van der Waals surface area contributed by atoms with Crippen LogP contribution in [0.3, 0.4) is 0 Å². The number of hydrogen-bond acceptors (Lipinski definition) is 5. The van der Waals surface area contributed by atoms with Crippen LogP contribution in [-0.4, -0.2) is 65.4 Å². The van der Waals surface area contributed by atoms with Crippen molar-refractivity contribution in [2.45, 2.75) is 19.3 Å². The van der Waals surface area contributed by atoms with Crippen molar-refractivity contribution in [1.82, 2.24) is 25.7 Å². The van der Waals surface area contributed by atoms with Crippen molar-refractivity contribution in [2.24, 2.45) is 0 Å². The Labute approximate surface area is 187 Å². The minimum Gasteiger partial charge on any atom is -0.507 e. The highest BCUT2D eigenvalue weighted by atomic mass is 16.3. The van der Waals surface area contributed by atoms with Crippen molar-refractivity contribution in [3.8, 4) is 28.3 Å². The van der Waals surface area contributed by atoms with Crippen LogP contribution in [0.1, 0.15) is 34.3 Å². The van der Waals surface area contributed by atoms with E-state index >= 15 is 0 Å². The summed E-state index contributed by atoms with van der Waals surface area (Å²) in [6, 6.07) is 13.4. The molecule has 2 heterocycles. The Bertz CT molecular complexity index is 1120. The van der Waals surface area contributed by atoms with Gasteiger partial charge in [-0.05, 0) is 56.2 Å². The fourth-order valence-corrected chi connectivity index (χ4v) is 4.70. The van der Waals surface area contributed by atoms with Crippen LogP contribution in [-0.2, 0) is 6.42 Å². The van der Waals surface area contributed by atoms with Crippen molar-refractivity contribution < 1.29 is 9.90 Å². The molecule has 7 heteroatoms. The summed E-state index contributed by atoms with van der Waals surface area (Å²) >= 11 is 0. The Morgan fingerprint density at radius 1 is 1.16 bits per heavy atom. The highest BCUT2D eigenvalue weighted by molar-refractivity contribution is 5.98. The normalized spacial score (nSPS) is 15.8. The van der Waals surface area contributed by atoms with Crippen molar-refractivity contribution in [2.75, 3.05) is 39.3 Å². The van der Waals surface area contributed by atoms with Gasteiger partial charge < -0.3 is 20.6 Å². The van der Waals surface area contributed by atoms with Crippen LogP contribution in [0.4, 0.5) is 0 Å². The van der Waals surface area contributed by atoms with Gasteiger partial charge in [0.25, 0.3) is 5.91 Å². The maximum absolute atomic E-state index is 12.8. The number of nitrogens with one attached hydrogen (secondary N) is 3. The summed E-state index contributed by atoms with van der Waals surface area (Å²) in [6.45, 7) is 5.80. The molecule has 0 atom stereocenters. The number of rotatable bonds is 6. The van der Waals surface area contributed by atoms with Gasteiger partial charge in [0.1, 0.15) is 5.75 Å². The van der Waals surface area contributed by atoms with E-state index in [2.05, 4.69) is 37.9 Å². The standard InChI is InChI=1S/C25H29N5O2/c31-22-8-7-18(23-21-15-17-5-1-2-6-19(17)24(21)29-28-23)16-20(22)25(32)27-10-4-13-30-12-3-9-26-11-14-30/h1-2,5-8,16,26,31H,3-4,9-15H2,(H,27,32)(H,28,29). The first kappa shape index (κ1) is 20.7. The molecule has 2 aromatic carbocycles. The van der Waals surface area contributed by atoms with Gasteiger partial charge >= 0.3 is 0 Å². The summed E-state index contributed by atoms with van der Waals surface area (Å²) in [5, 5.41) is 24.4. The number of H-pyrrole nitrogens is 1. The zero-order valence-corrected chi connectivity index (χ0v) is 18.2. The minimum atomic E-state index is -0.252. The average Bonchev–Trinajstić information content (AvgIpc) is 3.27. The molecule has 1 aromatic heterocycles. The third-order valence-electron chi connectivity index (χ3n) is 6.41. The maximum Gasteiger partial charge on any atom is 0.255 e. The first-order valence-electron chi connectivity index (χ1n) is 11.4. The van der Waals surface area contributed by atoms with Gasteiger partial charge in [-0.2, -0.15) is 5.10 Å². The Balaban J connectivity index is 1.26. The van der Waals surface area contributed by atoms with Crippen LogP contribution >= 0.6 is 0 Å².